The maximum atomic E-state index is 12.1. The molecule has 0 spiro atoms. The van der Waals surface area contributed by atoms with Gasteiger partial charge in [-0.1, -0.05) is 29.8 Å². The van der Waals surface area contributed by atoms with Crippen molar-refractivity contribution in [2.75, 3.05) is 0 Å². The first-order valence-corrected chi connectivity index (χ1v) is 8.09. The van der Waals surface area contributed by atoms with Gasteiger partial charge in [-0.3, -0.25) is 9.89 Å². The van der Waals surface area contributed by atoms with Crippen LogP contribution in [-0.2, 0) is 0 Å². The number of hydrazone groups is 1. The van der Waals surface area contributed by atoms with Gasteiger partial charge in [0.05, 0.1) is 16.3 Å². The number of hydrogen-bond acceptors (Lipinski definition) is 4. The summed E-state index contributed by atoms with van der Waals surface area (Å²) in [5.41, 5.74) is 5.18. The molecule has 1 amide bonds. The van der Waals surface area contributed by atoms with E-state index in [2.05, 4.69) is 20.7 Å². The lowest BCUT2D eigenvalue weighted by molar-refractivity contribution is 0.0950. The Morgan fingerprint density at radius 3 is 2.78 bits per heavy atom. The van der Waals surface area contributed by atoms with Crippen LogP contribution < -0.4 is 5.43 Å². The first-order chi connectivity index (χ1) is 11.1. The standard InChI is InChI=1S/C16H13ClN4OS/c1-10(11-4-6-12(17)7-5-11)18-21-16(22)14-9-13(19-20-14)15-3-2-8-23-15/h2-9H,1H3,(H,19,20)(H,21,22)/b18-10+. The highest BCUT2D eigenvalue weighted by Gasteiger charge is 2.11. The number of H-pyrrole nitrogens is 1. The third-order valence-corrected chi connectivity index (χ3v) is 4.34. The van der Waals surface area contributed by atoms with Crippen molar-refractivity contribution in [2.45, 2.75) is 6.92 Å². The van der Waals surface area contributed by atoms with Gasteiger partial charge in [0.1, 0.15) is 0 Å². The van der Waals surface area contributed by atoms with Crippen LogP contribution in [0.15, 0.2) is 52.9 Å². The molecular formula is C16H13ClN4OS. The predicted octanol–water partition coefficient (Wildman–Crippen LogP) is 3.95. The molecular weight excluding hydrogens is 332 g/mol. The Morgan fingerprint density at radius 1 is 1.30 bits per heavy atom. The number of aromatic amines is 1. The monoisotopic (exact) mass is 344 g/mol. The molecule has 0 aliphatic rings. The van der Waals surface area contributed by atoms with Gasteiger partial charge in [0.25, 0.3) is 5.91 Å². The zero-order chi connectivity index (χ0) is 16.2. The second kappa shape index (κ2) is 6.76. The molecule has 0 fully saturated rings. The molecule has 1 aromatic carbocycles. The molecule has 5 nitrogen and oxygen atoms in total. The maximum absolute atomic E-state index is 12.1. The predicted molar refractivity (Wildman–Crippen MR) is 93.0 cm³/mol. The minimum Gasteiger partial charge on any atom is -0.276 e. The summed E-state index contributed by atoms with van der Waals surface area (Å²) in [5, 5.41) is 13.6. The van der Waals surface area contributed by atoms with Crippen molar-refractivity contribution in [2.24, 2.45) is 5.10 Å². The Labute approximate surface area is 142 Å². The minimum absolute atomic E-state index is 0.293. The number of carbonyl (C=O) groups is 1. The van der Waals surface area contributed by atoms with Crippen LogP contribution in [0.2, 0.25) is 5.02 Å². The summed E-state index contributed by atoms with van der Waals surface area (Å²) in [6.07, 6.45) is 0. The number of halogens is 1. The van der Waals surface area contributed by atoms with Crippen LogP contribution in [0.5, 0.6) is 0 Å². The van der Waals surface area contributed by atoms with E-state index < -0.39 is 0 Å². The Kier molecular flexibility index (Phi) is 4.55. The molecule has 0 unspecified atom stereocenters. The van der Waals surface area contributed by atoms with E-state index in [1.807, 2.05) is 36.6 Å². The number of rotatable bonds is 4. The molecule has 0 radical (unpaired) electrons. The van der Waals surface area contributed by atoms with E-state index >= 15 is 0 Å². The molecule has 0 saturated carbocycles. The van der Waals surface area contributed by atoms with Gasteiger partial charge in [-0.25, -0.2) is 5.43 Å². The zero-order valence-corrected chi connectivity index (χ0v) is 13.8. The summed E-state index contributed by atoms with van der Waals surface area (Å²) in [5.74, 6) is -0.364. The van der Waals surface area contributed by atoms with Crippen LogP contribution in [0.25, 0.3) is 10.6 Å². The van der Waals surface area contributed by atoms with Crippen molar-refractivity contribution < 1.29 is 4.79 Å². The van der Waals surface area contributed by atoms with E-state index in [1.165, 1.54) is 0 Å². The van der Waals surface area contributed by atoms with Crippen molar-refractivity contribution >= 4 is 34.6 Å². The Hall–Kier alpha value is -2.44. The molecule has 3 aromatic rings. The number of aromatic nitrogens is 2. The van der Waals surface area contributed by atoms with Gasteiger partial charge in [0, 0.05) is 5.02 Å². The summed E-state index contributed by atoms with van der Waals surface area (Å²) in [4.78, 5) is 13.1. The van der Waals surface area contributed by atoms with E-state index in [-0.39, 0.29) is 5.91 Å². The normalized spacial score (nSPS) is 11.5. The third-order valence-electron chi connectivity index (χ3n) is 3.18. The van der Waals surface area contributed by atoms with Gasteiger partial charge < -0.3 is 0 Å². The van der Waals surface area contributed by atoms with Gasteiger partial charge in [-0.05, 0) is 42.1 Å². The van der Waals surface area contributed by atoms with Crippen molar-refractivity contribution in [3.05, 3.63) is 64.1 Å². The van der Waals surface area contributed by atoms with Crippen LogP contribution in [0.3, 0.4) is 0 Å². The number of thiophene rings is 1. The number of carbonyl (C=O) groups excluding carboxylic acids is 1. The molecule has 0 aliphatic carbocycles. The summed E-state index contributed by atoms with van der Waals surface area (Å²) < 4.78 is 0. The molecule has 116 valence electrons. The number of benzene rings is 1. The first kappa shape index (κ1) is 15.5. The highest BCUT2D eigenvalue weighted by Crippen LogP contribution is 2.22. The molecule has 3 rings (SSSR count). The fourth-order valence-corrected chi connectivity index (χ4v) is 2.76. The average Bonchev–Trinajstić information content (AvgIpc) is 3.23. The largest absolute Gasteiger partial charge is 0.291 e. The molecule has 0 aliphatic heterocycles. The number of nitrogens with zero attached hydrogens (tertiary/aromatic N) is 2. The Morgan fingerprint density at radius 2 is 2.09 bits per heavy atom. The van der Waals surface area contributed by atoms with Crippen molar-refractivity contribution in [3.63, 3.8) is 0 Å². The maximum Gasteiger partial charge on any atom is 0.291 e. The van der Waals surface area contributed by atoms with E-state index in [9.17, 15) is 4.79 Å². The lowest BCUT2D eigenvalue weighted by Gasteiger charge is -2.01. The lowest BCUT2D eigenvalue weighted by Crippen LogP contribution is -2.19. The van der Waals surface area contributed by atoms with Crippen LogP contribution in [0, 0.1) is 0 Å². The van der Waals surface area contributed by atoms with Gasteiger partial charge in [0.15, 0.2) is 5.69 Å². The number of amides is 1. The summed E-state index contributed by atoms with van der Waals surface area (Å²) in [7, 11) is 0. The van der Waals surface area contributed by atoms with Gasteiger partial charge in [-0.15, -0.1) is 11.3 Å². The summed E-state index contributed by atoms with van der Waals surface area (Å²) in [6, 6.07) is 12.8. The number of nitrogens with one attached hydrogen (secondary N) is 2. The van der Waals surface area contributed by atoms with Crippen LogP contribution >= 0.6 is 22.9 Å². The third kappa shape index (κ3) is 3.67. The van der Waals surface area contributed by atoms with E-state index in [4.69, 9.17) is 11.6 Å². The second-order valence-electron chi connectivity index (χ2n) is 4.79. The zero-order valence-electron chi connectivity index (χ0n) is 12.2. The van der Waals surface area contributed by atoms with Crippen molar-refractivity contribution in [3.8, 4) is 10.6 Å². The SMILES string of the molecule is C/C(=N\NC(=O)c1cc(-c2cccs2)[nH]n1)c1ccc(Cl)cc1. The van der Waals surface area contributed by atoms with Crippen LogP contribution in [-0.4, -0.2) is 21.8 Å². The van der Waals surface area contributed by atoms with Crippen molar-refractivity contribution in [1.82, 2.24) is 15.6 Å². The molecule has 0 bridgehead atoms. The van der Waals surface area contributed by atoms with E-state index in [1.54, 1.807) is 29.5 Å². The van der Waals surface area contributed by atoms with E-state index in [0.717, 1.165) is 16.1 Å². The molecule has 7 heteroatoms. The Balaban J connectivity index is 1.69. The van der Waals surface area contributed by atoms with Crippen LogP contribution in [0.1, 0.15) is 23.0 Å². The summed E-state index contributed by atoms with van der Waals surface area (Å²) >= 11 is 7.42. The lowest BCUT2D eigenvalue weighted by atomic mass is 10.1. The van der Waals surface area contributed by atoms with Gasteiger partial charge >= 0.3 is 0 Å². The molecule has 2 N–H and O–H groups in total. The Bertz CT molecular complexity index is 837. The van der Waals surface area contributed by atoms with E-state index in [0.29, 0.717) is 16.4 Å². The molecule has 0 saturated heterocycles. The summed E-state index contributed by atoms with van der Waals surface area (Å²) in [6.45, 7) is 1.81. The minimum atomic E-state index is -0.364. The quantitative estimate of drug-likeness (QED) is 0.555. The highest BCUT2D eigenvalue weighted by atomic mass is 35.5. The molecule has 23 heavy (non-hydrogen) atoms. The molecule has 2 aromatic heterocycles. The smallest absolute Gasteiger partial charge is 0.276 e. The second-order valence-corrected chi connectivity index (χ2v) is 6.17. The topological polar surface area (TPSA) is 70.1 Å². The fraction of sp³-hybridized carbons (Fsp3) is 0.0625. The van der Waals surface area contributed by atoms with Gasteiger partial charge in [-0.2, -0.15) is 10.2 Å². The number of hydrogen-bond donors (Lipinski definition) is 2. The van der Waals surface area contributed by atoms with Gasteiger partial charge in [0.2, 0.25) is 0 Å². The molecule has 2 heterocycles. The fourth-order valence-electron chi connectivity index (χ4n) is 1.94. The highest BCUT2D eigenvalue weighted by molar-refractivity contribution is 7.13. The molecule has 0 atom stereocenters. The average molecular weight is 345 g/mol. The van der Waals surface area contributed by atoms with Crippen LogP contribution in [0.4, 0.5) is 0 Å². The van der Waals surface area contributed by atoms with Crippen molar-refractivity contribution in [1.29, 1.82) is 0 Å². The first-order valence-electron chi connectivity index (χ1n) is 6.83.